The molecule has 2 aromatic heterocycles. The lowest BCUT2D eigenvalue weighted by molar-refractivity contribution is -0.142. The summed E-state index contributed by atoms with van der Waals surface area (Å²) in [6, 6.07) is 0.761. The number of hydrogen-bond acceptors (Lipinski definition) is 10. The number of carbonyl (C=O) groups excluding carboxylic acids is 1. The van der Waals surface area contributed by atoms with Gasteiger partial charge in [-0.05, 0) is 6.04 Å². The van der Waals surface area contributed by atoms with Crippen LogP contribution in [0.4, 0.5) is 32.3 Å². The second kappa shape index (κ2) is 16.0. The molecular weight excluding hydrogens is 646 g/mol. The number of piperazine rings is 1. The average molecular weight is 685 g/mol. The maximum Gasteiger partial charge on any atom is 0.425 e. The van der Waals surface area contributed by atoms with E-state index >= 15 is 0 Å². The van der Waals surface area contributed by atoms with Crippen LogP contribution in [-0.4, -0.2) is 104 Å². The molecule has 2 aromatic rings. The average Bonchev–Trinajstić information content (AvgIpc) is 2.97. The van der Waals surface area contributed by atoms with Gasteiger partial charge in [0.15, 0.2) is 11.3 Å². The van der Waals surface area contributed by atoms with Gasteiger partial charge in [0.25, 0.3) is 5.56 Å². The van der Waals surface area contributed by atoms with Crippen molar-refractivity contribution >= 4 is 19.9 Å². The summed E-state index contributed by atoms with van der Waals surface area (Å²) in [5.41, 5.74) is -3.90. The number of halogens is 6. The zero-order valence-electron chi connectivity index (χ0n) is 26.0. The van der Waals surface area contributed by atoms with Crippen LogP contribution in [0.3, 0.4) is 0 Å². The van der Waals surface area contributed by atoms with Crippen LogP contribution >= 0.6 is 0 Å². The van der Waals surface area contributed by atoms with Crippen LogP contribution in [-0.2, 0) is 38.1 Å². The van der Waals surface area contributed by atoms with Crippen molar-refractivity contribution in [2.75, 3.05) is 64.6 Å². The Labute approximate surface area is 262 Å². The summed E-state index contributed by atoms with van der Waals surface area (Å²) in [6.07, 6.45) is -8.47. The van der Waals surface area contributed by atoms with Crippen molar-refractivity contribution < 1.29 is 50.1 Å². The van der Waals surface area contributed by atoms with E-state index in [9.17, 15) is 35.9 Å². The van der Waals surface area contributed by atoms with E-state index in [0.717, 1.165) is 12.2 Å². The highest BCUT2D eigenvalue weighted by atomic mass is 28.3. The number of nitrogens with zero attached hydrogens (tertiary/aromatic N) is 6. The summed E-state index contributed by atoms with van der Waals surface area (Å²) >= 11 is 0. The second-order valence-electron chi connectivity index (χ2n) is 11.7. The van der Waals surface area contributed by atoms with E-state index in [1.165, 1.54) is 7.11 Å². The van der Waals surface area contributed by atoms with Gasteiger partial charge in [-0.1, -0.05) is 19.6 Å². The SMILES string of the molecule is COCC(COCCC(=O)N1CCN(c2ncc(C(F)(F)F)cn2)CC1)Oc1cnn(COCC[Si](C)(C)C)c(=O)c1C(F)(F)F. The Morgan fingerprint density at radius 2 is 1.59 bits per heavy atom. The fraction of sp³-hybridized carbons (Fsp3) is 0.667. The van der Waals surface area contributed by atoms with E-state index in [1.54, 1.807) is 9.80 Å². The first-order chi connectivity index (χ1) is 21.5. The number of carbonyl (C=O) groups is 1. The van der Waals surface area contributed by atoms with Crippen LogP contribution in [0.5, 0.6) is 5.75 Å². The quantitative estimate of drug-likeness (QED) is 0.157. The summed E-state index contributed by atoms with van der Waals surface area (Å²) in [6.45, 7) is 6.85. The largest absolute Gasteiger partial charge is 0.483 e. The van der Waals surface area contributed by atoms with Crippen LogP contribution in [0, 0.1) is 0 Å². The number of methoxy groups -OCH3 is 1. The molecule has 0 radical (unpaired) electrons. The summed E-state index contributed by atoms with van der Waals surface area (Å²) < 4.78 is 102. The summed E-state index contributed by atoms with van der Waals surface area (Å²) in [5.74, 6) is -0.913. The molecule has 0 saturated carbocycles. The predicted octanol–water partition coefficient (Wildman–Crippen LogP) is 3.53. The highest BCUT2D eigenvalue weighted by Gasteiger charge is 2.40. The Bertz CT molecular complexity index is 1330. The number of anilines is 1. The first-order valence-electron chi connectivity index (χ1n) is 14.4. The van der Waals surface area contributed by atoms with Gasteiger partial charge in [0, 0.05) is 60.4 Å². The van der Waals surface area contributed by atoms with Crippen molar-refractivity contribution in [1.29, 1.82) is 0 Å². The Balaban J connectivity index is 1.50. The number of hydrogen-bond donors (Lipinski definition) is 0. The molecule has 1 saturated heterocycles. The number of alkyl halides is 6. The number of aromatic nitrogens is 4. The maximum absolute atomic E-state index is 13.9. The minimum absolute atomic E-state index is 0.0421. The third-order valence-corrected chi connectivity index (χ3v) is 8.50. The molecule has 1 aliphatic heterocycles. The van der Waals surface area contributed by atoms with Crippen LogP contribution < -0.4 is 15.2 Å². The third-order valence-electron chi connectivity index (χ3n) is 6.79. The van der Waals surface area contributed by atoms with Crippen molar-refractivity contribution in [3.63, 3.8) is 0 Å². The first kappa shape index (κ1) is 37.2. The first-order valence-corrected chi connectivity index (χ1v) is 18.1. The molecule has 0 spiro atoms. The van der Waals surface area contributed by atoms with Gasteiger partial charge in [0.05, 0.1) is 38.0 Å². The topological polar surface area (TPSA) is 121 Å². The minimum Gasteiger partial charge on any atom is -0.483 e. The molecule has 258 valence electrons. The van der Waals surface area contributed by atoms with Gasteiger partial charge in [-0.2, -0.15) is 31.4 Å². The Hall–Kier alpha value is -3.29. The molecule has 3 heterocycles. The highest BCUT2D eigenvalue weighted by molar-refractivity contribution is 6.76. The van der Waals surface area contributed by atoms with Gasteiger partial charge < -0.3 is 28.7 Å². The van der Waals surface area contributed by atoms with Gasteiger partial charge in [-0.3, -0.25) is 9.59 Å². The van der Waals surface area contributed by atoms with Crippen LogP contribution in [0.1, 0.15) is 17.5 Å². The lowest BCUT2D eigenvalue weighted by Crippen LogP contribution is -2.49. The highest BCUT2D eigenvalue weighted by Crippen LogP contribution is 2.33. The Morgan fingerprint density at radius 1 is 0.935 bits per heavy atom. The lowest BCUT2D eigenvalue weighted by Gasteiger charge is -2.34. The Kier molecular flexibility index (Phi) is 12.9. The molecular formula is C27H38F6N6O6Si. The predicted molar refractivity (Wildman–Crippen MR) is 155 cm³/mol. The molecule has 1 aliphatic rings. The second-order valence-corrected chi connectivity index (χ2v) is 17.3. The maximum atomic E-state index is 13.9. The van der Waals surface area contributed by atoms with E-state index in [2.05, 4.69) is 34.7 Å². The van der Waals surface area contributed by atoms with Crippen LogP contribution in [0.25, 0.3) is 0 Å². The van der Waals surface area contributed by atoms with E-state index < -0.39 is 55.7 Å². The monoisotopic (exact) mass is 684 g/mol. The van der Waals surface area contributed by atoms with Gasteiger partial charge in [-0.15, -0.1) is 0 Å². The molecule has 1 amide bonds. The fourth-order valence-corrected chi connectivity index (χ4v) is 5.00. The van der Waals surface area contributed by atoms with Crippen LogP contribution in [0.15, 0.2) is 23.4 Å². The molecule has 0 bridgehead atoms. The molecule has 1 unspecified atom stereocenters. The van der Waals surface area contributed by atoms with Crippen molar-refractivity contribution in [3.8, 4) is 5.75 Å². The normalized spacial score (nSPS) is 15.3. The molecule has 3 rings (SSSR count). The van der Waals surface area contributed by atoms with Crippen molar-refractivity contribution in [3.05, 3.63) is 40.1 Å². The van der Waals surface area contributed by atoms with Crippen molar-refractivity contribution in [2.24, 2.45) is 0 Å². The molecule has 0 N–H and O–H groups in total. The van der Waals surface area contributed by atoms with Gasteiger partial charge in [0.2, 0.25) is 11.9 Å². The zero-order chi connectivity index (χ0) is 34.1. The number of rotatable bonds is 15. The lowest BCUT2D eigenvalue weighted by atomic mass is 10.2. The minimum atomic E-state index is -5.04. The van der Waals surface area contributed by atoms with Crippen LogP contribution in [0.2, 0.25) is 25.7 Å². The van der Waals surface area contributed by atoms with E-state index in [-0.39, 0.29) is 57.8 Å². The van der Waals surface area contributed by atoms with Crippen molar-refractivity contribution in [2.45, 2.75) is 57.3 Å². The summed E-state index contributed by atoms with van der Waals surface area (Å²) in [7, 11) is -0.132. The molecule has 46 heavy (non-hydrogen) atoms. The molecule has 12 nitrogen and oxygen atoms in total. The van der Waals surface area contributed by atoms with Gasteiger partial charge >= 0.3 is 12.4 Å². The molecule has 1 fully saturated rings. The zero-order valence-corrected chi connectivity index (χ0v) is 27.0. The Morgan fingerprint density at radius 3 is 2.15 bits per heavy atom. The molecule has 0 aromatic carbocycles. The van der Waals surface area contributed by atoms with Crippen molar-refractivity contribution in [1.82, 2.24) is 24.6 Å². The molecule has 19 heteroatoms. The van der Waals surface area contributed by atoms with E-state index in [1.807, 2.05) is 0 Å². The number of ether oxygens (including phenoxy) is 4. The van der Waals surface area contributed by atoms with E-state index in [0.29, 0.717) is 30.2 Å². The molecule has 1 atom stereocenters. The smallest absolute Gasteiger partial charge is 0.425 e. The number of amides is 1. The summed E-state index contributed by atoms with van der Waals surface area (Å²) in [4.78, 5) is 36.1. The summed E-state index contributed by atoms with van der Waals surface area (Å²) in [5, 5.41) is 3.79. The standard InChI is InChI=1S/C27H38F6N6O6Si/c1-42-16-20(45-21-15-36-39(18-44-11-12-46(2,3)4)24(41)23(21)27(31,32)33)17-43-10-5-22(40)37-6-8-38(9-7-37)25-34-13-19(14-35-25)26(28,29)30/h13-15,20H,5-12,16-18H2,1-4H3. The van der Waals surface area contributed by atoms with Gasteiger partial charge in [0.1, 0.15) is 12.8 Å². The third kappa shape index (κ3) is 11.2. The van der Waals surface area contributed by atoms with Gasteiger partial charge in [-0.25, -0.2) is 14.6 Å². The fourth-order valence-electron chi connectivity index (χ4n) is 4.25. The molecule has 0 aliphatic carbocycles. The van der Waals surface area contributed by atoms with E-state index in [4.69, 9.17) is 18.9 Å².